The van der Waals surface area contributed by atoms with Gasteiger partial charge in [-0.15, -0.1) is 0 Å². The first-order valence-electron chi connectivity index (χ1n) is 11.9. The summed E-state index contributed by atoms with van der Waals surface area (Å²) in [5.74, 6) is 1.08. The van der Waals surface area contributed by atoms with Crippen LogP contribution in [0.3, 0.4) is 0 Å². The second-order valence-electron chi connectivity index (χ2n) is 8.02. The first-order valence-corrected chi connectivity index (χ1v) is 11.9. The highest BCUT2D eigenvalue weighted by Gasteiger charge is 2.26. The van der Waals surface area contributed by atoms with Crippen molar-refractivity contribution in [3.63, 3.8) is 0 Å². The van der Waals surface area contributed by atoms with Crippen molar-refractivity contribution in [3.05, 3.63) is 0 Å². The molecule has 0 aliphatic heterocycles. The van der Waals surface area contributed by atoms with Crippen LogP contribution in [0.1, 0.15) is 73.6 Å². The number of rotatable bonds is 13. The van der Waals surface area contributed by atoms with Gasteiger partial charge < -0.3 is 24.9 Å². The summed E-state index contributed by atoms with van der Waals surface area (Å²) in [6.45, 7) is 14.1. The molecule has 0 spiro atoms. The molecule has 0 bridgehead atoms. The predicted octanol–water partition coefficient (Wildman–Crippen LogP) is 3.40. The molecule has 0 aromatic heterocycles. The number of aldehydes is 1. The van der Waals surface area contributed by atoms with E-state index in [0.717, 1.165) is 19.1 Å². The highest BCUT2D eigenvalue weighted by Crippen LogP contribution is 2.26. The van der Waals surface area contributed by atoms with Crippen molar-refractivity contribution in [1.82, 2.24) is 10.6 Å². The zero-order valence-electron chi connectivity index (χ0n) is 21.0. The molecule has 184 valence electrons. The van der Waals surface area contributed by atoms with E-state index in [1.165, 1.54) is 12.8 Å². The van der Waals surface area contributed by atoms with Gasteiger partial charge in [0.1, 0.15) is 12.1 Å². The van der Waals surface area contributed by atoms with Crippen LogP contribution >= 0.6 is 0 Å². The molecule has 2 N–H and O–H groups in total. The molecular weight excluding hydrogens is 396 g/mol. The van der Waals surface area contributed by atoms with E-state index in [4.69, 9.17) is 9.47 Å². The molecule has 0 unspecified atom stereocenters. The lowest BCUT2D eigenvalue weighted by atomic mass is 9.80. The summed E-state index contributed by atoms with van der Waals surface area (Å²) in [5.41, 5.74) is 0. The summed E-state index contributed by atoms with van der Waals surface area (Å²) >= 11 is 0. The molecule has 31 heavy (non-hydrogen) atoms. The van der Waals surface area contributed by atoms with Gasteiger partial charge in [-0.1, -0.05) is 41.5 Å². The van der Waals surface area contributed by atoms with Crippen molar-refractivity contribution in [2.45, 2.75) is 79.7 Å². The van der Waals surface area contributed by atoms with Gasteiger partial charge in [-0.25, -0.2) is 0 Å². The molecular formula is C24H48N2O5. The Labute approximate surface area is 190 Å². The van der Waals surface area contributed by atoms with Crippen LogP contribution in [0.5, 0.6) is 0 Å². The monoisotopic (exact) mass is 444 g/mol. The van der Waals surface area contributed by atoms with Crippen molar-refractivity contribution >= 4 is 18.0 Å². The van der Waals surface area contributed by atoms with Gasteiger partial charge in [0.25, 0.3) is 0 Å². The van der Waals surface area contributed by atoms with Crippen molar-refractivity contribution in [2.24, 2.45) is 17.8 Å². The maximum absolute atomic E-state index is 11.7. The first kappa shape index (κ1) is 31.9. The lowest BCUT2D eigenvalue weighted by Gasteiger charge is -2.28. The summed E-state index contributed by atoms with van der Waals surface area (Å²) < 4.78 is 10.3. The molecule has 1 rings (SSSR count). The van der Waals surface area contributed by atoms with Crippen LogP contribution < -0.4 is 10.6 Å². The van der Waals surface area contributed by atoms with Gasteiger partial charge in [0.05, 0.1) is 26.4 Å². The molecule has 0 aromatic rings. The SMILES string of the molecule is CC.CC(C)C(=O)NCCOCCOCCC=O.CNC1CCC(C(=O)C(C)C)CC1. The van der Waals surface area contributed by atoms with Crippen LogP contribution in [0.25, 0.3) is 0 Å². The molecule has 0 atom stereocenters. The predicted molar refractivity (Wildman–Crippen MR) is 126 cm³/mol. The molecule has 1 fully saturated rings. The molecule has 7 heteroatoms. The van der Waals surface area contributed by atoms with Gasteiger partial charge in [-0.2, -0.15) is 0 Å². The summed E-state index contributed by atoms with van der Waals surface area (Å²) in [6, 6.07) is 0.649. The largest absolute Gasteiger partial charge is 0.379 e. The second-order valence-corrected chi connectivity index (χ2v) is 8.02. The van der Waals surface area contributed by atoms with E-state index in [9.17, 15) is 14.4 Å². The van der Waals surface area contributed by atoms with E-state index < -0.39 is 0 Å². The average molecular weight is 445 g/mol. The van der Waals surface area contributed by atoms with E-state index >= 15 is 0 Å². The molecule has 0 saturated heterocycles. The van der Waals surface area contributed by atoms with E-state index in [0.29, 0.717) is 57.1 Å². The summed E-state index contributed by atoms with van der Waals surface area (Å²) in [6.07, 6.45) is 5.75. The number of hydrogen-bond donors (Lipinski definition) is 2. The van der Waals surface area contributed by atoms with Crippen molar-refractivity contribution in [2.75, 3.05) is 40.0 Å². The zero-order valence-corrected chi connectivity index (χ0v) is 21.0. The summed E-state index contributed by atoms with van der Waals surface area (Å²) in [7, 11) is 2.01. The summed E-state index contributed by atoms with van der Waals surface area (Å²) in [4.78, 5) is 32.7. The molecule has 1 saturated carbocycles. The Morgan fingerprint density at radius 2 is 1.45 bits per heavy atom. The quantitative estimate of drug-likeness (QED) is 0.334. The van der Waals surface area contributed by atoms with Gasteiger partial charge in [-0.3, -0.25) is 9.59 Å². The Bertz CT molecular complexity index is 447. The van der Waals surface area contributed by atoms with Crippen LogP contribution in [-0.4, -0.2) is 64.0 Å². The van der Waals surface area contributed by atoms with Gasteiger partial charge in [-0.05, 0) is 32.7 Å². The fraction of sp³-hybridized carbons (Fsp3) is 0.875. The Kier molecular flexibility index (Phi) is 22.5. The fourth-order valence-corrected chi connectivity index (χ4v) is 3.04. The third-order valence-corrected chi connectivity index (χ3v) is 4.93. The number of ketones is 1. The Balaban J connectivity index is 0. The van der Waals surface area contributed by atoms with Crippen LogP contribution in [0, 0.1) is 17.8 Å². The number of carbonyl (C=O) groups is 3. The Morgan fingerprint density at radius 3 is 1.90 bits per heavy atom. The van der Waals surface area contributed by atoms with Gasteiger partial charge in [0.15, 0.2) is 0 Å². The van der Waals surface area contributed by atoms with E-state index in [1.54, 1.807) is 0 Å². The van der Waals surface area contributed by atoms with E-state index in [-0.39, 0.29) is 17.7 Å². The third-order valence-electron chi connectivity index (χ3n) is 4.93. The molecule has 1 aliphatic rings. The van der Waals surface area contributed by atoms with Crippen LogP contribution in [0.15, 0.2) is 0 Å². The molecule has 7 nitrogen and oxygen atoms in total. The lowest BCUT2D eigenvalue weighted by molar-refractivity contribution is -0.127. The van der Waals surface area contributed by atoms with Gasteiger partial charge in [0, 0.05) is 36.8 Å². The Morgan fingerprint density at radius 1 is 0.903 bits per heavy atom. The zero-order chi connectivity index (χ0) is 24.1. The van der Waals surface area contributed by atoms with E-state index in [1.807, 2.05) is 48.6 Å². The van der Waals surface area contributed by atoms with Crippen molar-refractivity contribution in [3.8, 4) is 0 Å². The Hall–Kier alpha value is -1.31. The average Bonchev–Trinajstić information content (AvgIpc) is 2.79. The topological polar surface area (TPSA) is 93.7 Å². The molecule has 0 aromatic carbocycles. The third kappa shape index (κ3) is 18.0. The highest BCUT2D eigenvalue weighted by atomic mass is 16.5. The maximum Gasteiger partial charge on any atom is 0.222 e. The van der Waals surface area contributed by atoms with Crippen molar-refractivity contribution in [1.29, 1.82) is 0 Å². The molecule has 0 heterocycles. The van der Waals surface area contributed by atoms with Gasteiger partial charge in [0.2, 0.25) is 5.91 Å². The minimum atomic E-state index is 0.00618. The van der Waals surface area contributed by atoms with Crippen LogP contribution in [-0.2, 0) is 23.9 Å². The molecule has 1 aliphatic carbocycles. The van der Waals surface area contributed by atoms with Gasteiger partial charge >= 0.3 is 0 Å². The number of Topliss-reactive ketones (excluding diaryl/α,β-unsaturated/α-hetero) is 1. The number of ether oxygens (including phenoxy) is 2. The normalized spacial score (nSPS) is 17.8. The minimum Gasteiger partial charge on any atom is -0.379 e. The van der Waals surface area contributed by atoms with Crippen LogP contribution in [0.4, 0.5) is 0 Å². The number of nitrogens with one attached hydrogen (secondary N) is 2. The standard InChI is InChI=1S/C11H21NO4.C11H21NO.C2H6/c1-10(2)11(14)12-4-7-16-9-8-15-6-3-5-13;1-8(2)11(13)9-4-6-10(12-3)7-5-9;1-2/h5,10H,3-4,6-9H2,1-2H3,(H,12,14);8-10,12H,4-7H2,1-3H3;1-2H3. The molecule has 0 radical (unpaired) electrons. The minimum absolute atomic E-state index is 0.00618. The van der Waals surface area contributed by atoms with Crippen molar-refractivity contribution < 1.29 is 23.9 Å². The second kappa shape index (κ2) is 21.9. The first-order chi connectivity index (χ1) is 14.8. The fourth-order valence-electron chi connectivity index (χ4n) is 3.04. The number of hydrogen-bond acceptors (Lipinski definition) is 6. The summed E-state index contributed by atoms with van der Waals surface area (Å²) in [5, 5.41) is 6.02. The smallest absolute Gasteiger partial charge is 0.222 e. The van der Waals surface area contributed by atoms with E-state index in [2.05, 4.69) is 10.6 Å². The highest BCUT2D eigenvalue weighted by molar-refractivity contribution is 5.82. The van der Waals surface area contributed by atoms with Crippen LogP contribution in [0.2, 0.25) is 0 Å². The maximum atomic E-state index is 11.7. The lowest BCUT2D eigenvalue weighted by Crippen LogP contribution is -2.33. The number of amides is 1. The number of carbonyl (C=O) groups excluding carboxylic acids is 3. The molecule has 1 amide bonds.